The fourth-order valence-corrected chi connectivity index (χ4v) is 2.39. The van der Waals surface area contributed by atoms with Gasteiger partial charge in [0.05, 0.1) is 12.2 Å². The summed E-state index contributed by atoms with van der Waals surface area (Å²) >= 11 is 0. The largest absolute Gasteiger partial charge is 0.351 e. The molecule has 1 heterocycles. The van der Waals surface area contributed by atoms with Gasteiger partial charge in [-0.3, -0.25) is 9.89 Å². The van der Waals surface area contributed by atoms with Gasteiger partial charge in [-0.15, -0.1) is 0 Å². The maximum absolute atomic E-state index is 12.0. The Labute approximate surface area is 118 Å². The number of rotatable bonds is 4. The molecule has 0 atom stereocenters. The van der Waals surface area contributed by atoms with E-state index in [9.17, 15) is 9.59 Å². The molecule has 7 heteroatoms. The molecule has 2 rings (SSSR count). The molecule has 0 aromatic carbocycles. The summed E-state index contributed by atoms with van der Waals surface area (Å²) in [6.45, 7) is 0.440. The molecule has 1 aliphatic carbocycles. The first-order valence-electron chi connectivity index (χ1n) is 6.78. The predicted molar refractivity (Wildman–Crippen MR) is 73.9 cm³/mol. The van der Waals surface area contributed by atoms with Crippen LogP contribution in [-0.2, 0) is 24.2 Å². The van der Waals surface area contributed by atoms with E-state index in [1.165, 1.54) is 36.0 Å². The van der Waals surface area contributed by atoms with Crippen LogP contribution in [0.15, 0.2) is 0 Å². The number of urea groups is 1. The number of hydrogen-bond donors (Lipinski definition) is 2. The first kappa shape index (κ1) is 14.4. The summed E-state index contributed by atoms with van der Waals surface area (Å²) in [5.74, 6) is -0.154. The van der Waals surface area contributed by atoms with Gasteiger partial charge in [0.15, 0.2) is 0 Å². The number of aryl methyl sites for hydroxylation is 1. The molecule has 0 bridgehead atoms. The number of likely N-dealkylation sites (N-methyl/N-ethyl adjacent to an activating group) is 2. The van der Waals surface area contributed by atoms with Gasteiger partial charge < -0.3 is 15.5 Å². The van der Waals surface area contributed by atoms with Crippen molar-refractivity contribution in [3.8, 4) is 0 Å². The van der Waals surface area contributed by atoms with E-state index in [2.05, 4.69) is 10.2 Å². The highest BCUT2D eigenvalue weighted by Crippen LogP contribution is 2.22. The Bertz CT molecular complexity index is 511. The Kier molecular flexibility index (Phi) is 4.26. The minimum atomic E-state index is -0.608. The van der Waals surface area contributed by atoms with Crippen LogP contribution < -0.4 is 5.73 Å². The number of amides is 3. The van der Waals surface area contributed by atoms with E-state index < -0.39 is 6.03 Å². The third-order valence-electron chi connectivity index (χ3n) is 3.70. The van der Waals surface area contributed by atoms with Crippen LogP contribution in [0.2, 0.25) is 0 Å². The Morgan fingerprint density at radius 3 is 2.65 bits per heavy atom. The van der Waals surface area contributed by atoms with Crippen LogP contribution in [0.4, 0.5) is 4.79 Å². The molecule has 20 heavy (non-hydrogen) atoms. The van der Waals surface area contributed by atoms with E-state index in [0.717, 1.165) is 18.5 Å². The summed E-state index contributed by atoms with van der Waals surface area (Å²) in [5, 5.41) is 7.37. The molecule has 3 N–H and O–H groups in total. The number of H-pyrrole nitrogens is 1. The van der Waals surface area contributed by atoms with Crippen molar-refractivity contribution in [3.63, 3.8) is 0 Å². The SMILES string of the molecule is CN(CC(=O)N(C)Cc1n[nH]c2c1CCCC2)C(N)=O. The molecule has 7 nitrogen and oxygen atoms in total. The van der Waals surface area contributed by atoms with Crippen molar-refractivity contribution in [2.24, 2.45) is 5.73 Å². The zero-order valence-corrected chi connectivity index (χ0v) is 12.0. The molecular formula is C13H21N5O2. The van der Waals surface area contributed by atoms with Crippen LogP contribution in [0.3, 0.4) is 0 Å². The van der Waals surface area contributed by atoms with Gasteiger partial charge in [0.1, 0.15) is 6.54 Å². The molecule has 0 aliphatic heterocycles. The van der Waals surface area contributed by atoms with Crippen LogP contribution in [0.1, 0.15) is 29.8 Å². The van der Waals surface area contributed by atoms with Gasteiger partial charge in [-0.05, 0) is 31.2 Å². The molecule has 110 valence electrons. The van der Waals surface area contributed by atoms with Crippen LogP contribution in [0.25, 0.3) is 0 Å². The van der Waals surface area contributed by atoms with E-state index in [4.69, 9.17) is 5.73 Å². The van der Waals surface area contributed by atoms with Gasteiger partial charge in [0, 0.05) is 19.8 Å². The second-order valence-corrected chi connectivity index (χ2v) is 5.28. The fraction of sp³-hybridized carbons (Fsp3) is 0.615. The Morgan fingerprint density at radius 1 is 1.25 bits per heavy atom. The fourth-order valence-electron chi connectivity index (χ4n) is 2.39. The average Bonchev–Trinajstić information content (AvgIpc) is 2.82. The summed E-state index contributed by atoms with van der Waals surface area (Å²) in [6.07, 6.45) is 4.41. The number of aromatic nitrogens is 2. The number of nitrogens with two attached hydrogens (primary N) is 1. The van der Waals surface area contributed by atoms with Crippen LogP contribution in [0.5, 0.6) is 0 Å². The summed E-state index contributed by atoms with van der Waals surface area (Å²) in [4.78, 5) is 25.7. The lowest BCUT2D eigenvalue weighted by molar-refractivity contribution is -0.130. The summed E-state index contributed by atoms with van der Waals surface area (Å²) in [5.41, 5.74) is 8.48. The lowest BCUT2D eigenvalue weighted by Gasteiger charge is -2.21. The average molecular weight is 279 g/mol. The maximum atomic E-state index is 12.0. The first-order chi connectivity index (χ1) is 9.49. The topological polar surface area (TPSA) is 95.3 Å². The van der Waals surface area contributed by atoms with Crippen LogP contribution in [0, 0.1) is 0 Å². The highest BCUT2D eigenvalue weighted by Gasteiger charge is 2.20. The number of nitrogens with one attached hydrogen (secondary N) is 1. The number of aromatic amines is 1. The first-order valence-corrected chi connectivity index (χ1v) is 6.78. The van der Waals surface area contributed by atoms with Crippen molar-refractivity contribution >= 4 is 11.9 Å². The molecule has 3 amide bonds. The zero-order chi connectivity index (χ0) is 14.7. The van der Waals surface area contributed by atoms with Crippen molar-refractivity contribution in [1.82, 2.24) is 20.0 Å². The van der Waals surface area contributed by atoms with Crippen molar-refractivity contribution in [2.45, 2.75) is 32.2 Å². The summed E-state index contributed by atoms with van der Waals surface area (Å²) in [7, 11) is 3.21. The smallest absolute Gasteiger partial charge is 0.314 e. The zero-order valence-electron chi connectivity index (χ0n) is 12.0. The molecular weight excluding hydrogens is 258 g/mol. The monoisotopic (exact) mass is 279 g/mol. The number of primary amides is 1. The third kappa shape index (κ3) is 3.09. The minimum absolute atomic E-state index is 0.0154. The van der Waals surface area contributed by atoms with Gasteiger partial charge in [-0.1, -0.05) is 0 Å². The standard InChI is InChI=1S/C13H21N5O2/c1-17(12(19)8-18(2)13(14)20)7-11-9-5-3-4-6-10(9)15-16-11/h3-8H2,1-2H3,(H2,14,20)(H,15,16). The highest BCUT2D eigenvalue weighted by atomic mass is 16.2. The quantitative estimate of drug-likeness (QED) is 0.827. The highest BCUT2D eigenvalue weighted by molar-refractivity contribution is 5.83. The molecule has 0 spiro atoms. The van der Waals surface area contributed by atoms with E-state index in [0.29, 0.717) is 6.54 Å². The lowest BCUT2D eigenvalue weighted by Crippen LogP contribution is -2.41. The van der Waals surface area contributed by atoms with Gasteiger partial charge in [0.25, 0.3) is 0 Å². The van der Waals surface area contributed by atoms with Crippen molar-refractivity contribution < 1.29 is 9.59 Å². The minimum Gasteiger partial charge on any atom is -0.351 e. The molecule has 1 aromatic heterocycles. The second-order valence-electron chi connectivity index (χ2n) is 5.28. The lowest BCUT2D eigenvalue weighted by atomic mass is 9.96. The van der Waals surface area contributed by atoms with Gasteiger partial charge >= 0.3 is 6.03 Å². The molecule has 1 aliphatic rings. The van der Waals surface area contributed by atoms with E-state index in [-0.39, 0.29) is 12.5 Å². The molecule has 0 fully saturated rings. The maximum Gasteiger partial charge on any atom is 0.314 e. The molecule has 0 radical (unpaired) electrons. The molecule has 0 saturated carbocycles. The van der Waals surface area contributed by atoms with Gasteiger partial charge in [0.2, 0.25) is 5.91 Å². The Morgan fingerprint density at radius 2 is 1.95 bits per heavy atom. The number of nitrogens with zero attached hydrogens (tertiary/aromatic N) is 3. The van der Waals surface area contributed by atoms with E-state index in [1.807, 2.05) is 0 Å². The number of carbonyl (C=O) groups excluding carboxylic acids is 2. The Hall–Kier alpha value is -2.05. The van der Waals surface area contributed by atoms with Crippen molar-refractivity contribution in [2.75, 3.05) is 20.6 Å². The Balaban J connectivity index is 1.97. The van der Waals surface area contributed by atoms with E-state index in [1.54, 1.807) is 11.9 Å². The second kappa shape index (κ2) is 5.94. The normalized spacial score (nSPS) is 13.7. The predicted octanol–water partition coefficient (Wildman–Crippen LogP) is 0.257. The molecule has 0 saturated heterocycles. The summed E-state index contributed by atoms with van der Waals surface area (Å²) in [6, 6.07) is -0.608. The third-order valence-corrected chi connectivity index (χ3v) is 3.70. The van der Waals surface area contributed by atoms with Gasteiger partial charge in [-0.25, -0.2) is 4.79 Å². The van der Waals surface area contributed by atoms with Crippen molar-refractivity contribution in [1.29, 1.82) is 0 Å². The number of fused-ring (bicyclic) bond motifs is 1. The molecule has 1 aromatic rings. The number of hydrogen-bond acceptors (Lipinski definition) is 3. The van der Waals surface area contributed by atoms with Crippen LogP contribution >= 0.6 is 0 Å². The van der Waals surface area contributed by atoms with E-state index >= 15 is 0 Å². The van der Waals surface area contributed by atoms with Crippen molar-refractivity contribution in [3.05, 3.63) is 17.0 Å². The number of carbonyl (C=O) groups is 2. The van der Waals surface area contributed by atoms with Gasteiger partial charge in [-0.2, -0.15) is 5.10 Å². The molecule has 0 unspecified atom stereocenters. The van der Waals surface area contributed by atoms with Crippen LogP contribution in [-0.4, -0.2) is 52.6 Å². The summed E-state index contributed by atoms with van der Waals surface area (Å²) < 4.78 is 0.